The van der Waals surface area contributed by atoms with Crippen molar-refractivity contribution in [2.75, 3.05) is 26.7 Å². The molecule has 0 unspecified atom stereocenters. The van der Waals surface area contributed by atoms with E-state index in [0.29, 0.717) is 18.6 Å². The summed E-state index contributed by atoms with van der Waals surface area (Å²) in [5.74, 6) is -0.381. The second-order valence-electron chi connectivity index (χ2n) is 4.97. The molecule has 0 N–H and O–H groups in total. The summed E-state index contributed by atoms with van der Waals surface area (Å²) in [5.41, 5.74) is 1.64. The van der Waals surface area contributed by atoms with Crippen LogP contribution >= 0.6 is 0 Å². The van der Waals surface area contributed by atoms with Gasteiger partial charge in [0.2, 0.25) is 5.91 Å². The van der Waals surface area contributed by atoms with E-state index in [1.807, 2.05) is 32.0 Å². The van der Waals surface area contributed by atoms with Crippen LogP contribution in [0.5, 0.6) is 0 Å². The van der Waals surface area contributed by atoms with Gasteiger partial charge in [-0.05, 0) is 26.0 Å². The van der Waals surface area contributed by atoms with Gasteiger partial charge in [0.05, 0.1) is 23.8 Å². The number of hydrogen-bond acceptors (Lipinski definition) is 4. The van der Waals surface area contributed by atoms with Crippen LogP contribution in [0.25, 0.3) is 11.0 Å². The van der Waals surface area contributed by atoms with Crippen LogP contribution in [0.2, 0.25) is 0 Å². The normalized spacial score (nSPS) is 10.5. The Kier molecular flexibility index (Phi) is 5.04. The summed E-state index contributed by atoms with van der Waals surface area (Å²) in [4.78, 5) is 36.0. The van der Waals surface area contributed by atoms with E-state index in [0.717, 1.165) is 5.52 Å². The molecule has 0 saturated carbocycles. The lowest BCUT2D eigenvalue weighted by molar-refractivity contribution is -0.131. The van der Waals surface area contributed by atoms with Gasteiger partial charge < -0.3 is 9.80 Å². The van der Waals surface area contributed by atoms with E-state index in [1.54, 1.807) is 18.0 Å². The Balaban J connectivity index is 2.13. The van der Waals surface area contributed by atoms with Gasteiger partial charge in [-0.2, -0.15) is 0 Å². The van der Waals surface area contributed by atoms with Crippen molar-refractivity contribution in [1.82, 2.24) is 19.8 Å². The molecule has 0 atom stereocenters. The molecule has 2 aromatic rings. The highest BCUT2D eigenvalue weighted by molar-refractivity contribution is 5.95. The maximum absolute atomic E-state index is 12.4. The first kappa shape index (κ1) is 15.9. The summed E-state index contributed by atoms with van der Waals surface area (Å²) in [6, 6.07) is 7.36. The number of para-hydroxylation sites is 2. The van der Waals surface area contributed by atoms with Crippen LogP contribution in [0.4, 0.5) is 0 Å². The van der Waals surface area contributed by atoms with Crippen LogP contribution < -0.4 is 0 Å². The van der Waals surface area contributed by atoms with Crippen molar-refractivity contribution in [3.8, 4) is 0 Å². The highest BCUT2D eigenvalue weighted by Gasteiger charge is 2.19. The zero-order valence-corrected chi connectivity index (χ0v) is 13.1. The fourth-order valence-corrected chi connectivity index (χ4v) is 2.21. The molecule has 1 aromatic heterocycles. The van der Waals surface area contributed by atoms with Gasteiger partial charge in [0.1, 0.15) is 5.69 Å². The highest BCUT2D eigenvalue weighted by atomic mass is 16.2. The van der Waals surface area contributed by atoms with Gasteiger partial charge in [0.15, 0.2) is 0 Å². The van der Waals surface area contributed by atoms with Gasteiger partial charge in [-0.15, -0.1) is 0 Å². The SMILES string of the molecule is CCN(CC)C(=O)CN(C)C(=O)c1cnc2ccccc2n1. The first-order valence-electron chi connectivity index (χ1n) is 7.31. The maximum atomic E-state index is 12.4. The molecular formula is C16H20N4O2. The van der Waals surface area contributed by atoms with E-state index in [-0.39, 0.29) is 24.1 Å². The fourth-order valence-electron chi connectivity index (χ4n) is 2.21. The molecule has 0 radical (unpaired) electrons. The lowest BCUT2D eigenvalue weighted by Crippen LogP contribution is -2.41. The molecule has 116 valence electrons. The zero-order chi connectivity index (χ0) is 16.1. The Morgan fingerprint density at radius 2 is 1.73 bits per heavy atom. The third kappa shape index (κ3) is 3.39. The molecule has 0 spiro atoms. The average molecular weight is 300 g/mol. The van der Waals surface area contributed by atoms with Crippen molar-refractivity contribution in [2.45, 2.75) is 13.8 Å². The number of amides is 2. The van der Waals surface area contributed by atoms with E-state index >= 15 is 0 Å². The molecule has 0 aliphatic rings. The molecule has 0 aliphatic heterocycles. The Bertz CT molecular complexity index is 683. The molecule has 6 nitrogen and oxygen atoms in total. The summed E-state index contributed by atoms with van der Waals surface area (Å²) in [7, 11) is 1.60. The van der Waals surface area contributed by atoms with Crippen molar-refractivity contribution >= 4 is 22.8 Å². The van der Waals surface area contributed by atoms with Crippen LogP contribution in [-0.4, -0.2) is 58.3 Å². The molecule has 22 heavy (non-hydrogen) atoms. The molecular weight excluding hydrogens is 280 g/mol. The first-order valence-corrected chi connectivity index (χ1v) is 7.31. The Labute approximate surface area is 129 Å². The summed E-state index contributed by atoms with van der Waals surface area (Å²) in [6.45, 7) is 5.13. The van der Waals surface area contributed by atoms with E-state index in [2.05, 4.69) is 9.97 Å². The summed E-state index contributed by atoms with van der Waals surface area (Å²) in [5, 5.41) is 0. The standard InChI is InChI=1S/C16H20N4O2/c1-4-20(5-2)15(21)11-19(3)16(22)14-10-17-12-8-6-7-9-13(12)18-14/h6-10H,4-5,11H2,1-3H3. The number of rotatable bonds is 5. The average Bonchev–Trinajstić information content (AvgIpc) is 2.54. The molecule has 0 bridgehead atoms. The minimum absolute atomic E-state index is 0.0367. The topological polar surface area (TPSA) is 66.4 Å². The molecule has 0 fully saturated rings. The van der Waals surface area contributed by atoms with Crippen LogP contribution in [-0.2, 0) is 4.79 Å². The molecule has 2 rings (SSSR count). The number of aromatic nitrogens is 2. The highest BCUT2D eigenvalue weighted by Crippen LogP contribution is 2.09. The van der Waals surface area contributed by atoms with E-state index in [4.69, 9.17) is 0 Å². The zero-order valence-electron chi connectivity index (χ0n) is 13.1. The molecule has 1 heterocycles. The number of benzene rings is 1. The van der Waals surface area contributed by atoms with Gasteiger partial charge >= 0.3 is 0 Å². The Hall–Kier alpha value is -2.50. The Morgan fingerprint density at radius 3 is 2.36 bits per heavy atom. The van der Waals surface area contributed by atoms with Gasteiger partial charge in [-0.1, -0.05) is 12.1 Å². The summed E-state index contributed by atoms with van der Waals surface area (Å²) < 4.78 is 0. The van der Waals surface area contributed by atoms with Gasteiger partial charge in [0.25, 0.3) is 5.91 Å². The van der Waals surface area contributed by atoms with Gasteiger partial charge in [-0.3, -0.25) is 14.6 Å². The predicted octanol–water partition coefficient (Wildman–Crippen LogP) is 1.57. The van der Waals surface area contributed by atoms with Gasteiger partial charge in [0, 0.05) is 20.1 Å². The molecule has 2 amide bonds. The second-order valence-corrected chi connectivity index (χ2v) is 4.97. The van der Waals surface area contributed by atoms with Crippen LogP contribution in [0.15, 0.2) is 30.5 Å². The van der Waals surface area contributed by atoms with Crippen LogP contribution in [0.1, 0.15) is 24.3 Å². The molecule has 1 aromatic carbocycles. The van der Waals surface area contributed by atoms with E-state index < -0.39 is 0 Å². The molecule has 6 heteroatoms. The largest absolute Gasteiger partial charge is 0.342 e. The fraction of sp³-hybridized carbons (Fsp3) is 0.375. The molecule has 0 saturated heterocycles. The van der Waals surface area contributed by atoms with Crippen molar-refractivity contribution in [2.24, 2.45) is 0 Å². The second kappa shape index (κ2) is 6.98. The van der Waals surface area contributed by atoms with Crippen molar-refractivity contribution in [1.29, 1.82) is 0 Å². The quantitative estimate of drug-likeness (QED) is 0.840. The van der Waals surface area contributed by atoms with E-state index in [9.17, 15) is 9.59 Å². The number of hydrogen-bond donors (Lipinski definition) is 0. The third-order valence-corrected chi connectivity index (χ3v) is 3.50. The first-order chi connectivity index (χ1) is 10.6. The van der Waals surface area contributed by atoms with Crippen molar-refractivity contribution in [3.63, 3.8) is 0 Å². The van der Waals surface area contributed by atoms with Gasteiger partial charge in [-0.25, -0.2) is 4.98 Å². The smallest absolute Gasteiger partial charge is 0.274 e. The number of carbonyl (C=O) groups excluding carboxylic acids is 2. The third-order valence-electron chi connectivity index (χ3n) is 3.50. The lowest BCUT2D eigenvalue weighted by atomic mass is 10.3. The summed E-state index contributed by atoms with van der Waals surface area (Å²) >= 11 is 0. The monoisotopic (exact) mass is 300 g/mol. The lowest BCUT2D eigenvalue weighted by Gasteiger charge is -2.23. The number of fused-ring (bicyclic) bond motifs is 1. The molecule has 0 aliphatic carbocycles. The van der Waals surface area contributed by atoms with E-state index in [1.165, 1.54) is 11.1 Å². The Morgan fingerprint density at radius 1 is 1.09 bits per heavy atom. The number of likely N-dealkylation sites (N-methyl/N-ethyl adjacent to an activating group) is 2. The minimum atomic E-state index is -0.307. The number of nitrogens with zero attached hydrogens (tertiary/aromatic N) is 4. The summed E-state index contributed by atoms with van der Waals surface area (Å²) in [6.07, 6.45) is 1.45. The maximum Gasteiger partial charge on any atom is 0.274 e. The van der Waals surface area contributed by atoms with Crippen LogP contribution in [0, 0.1) is 0 Å². The predicted molar refractivity (Wildman–Crippen MR) is 84.4 cm³/mol. The number of carbonyl (C=O) groups is 2. The van der Waals surface area contributed by atoms with Crippen LogP contribution in [0.3, 0.4) is 0 Å². The minimum Gasteiger partial charge on any atom is -0.342 e. The van der Waals surface area contributed by atoms with Crippen molar-refractivity contribution < 1.29 is 9.59 Å². The van der Waals surface area contributed by atoms with Crippen molar-refractivity contribution in [3.05, 3.63) is 36.2 Å².